The van der Waals surface area contributed by atoms with Crippen LogP contribution in [0.15, 0.2) is 60.7 Å². The van der Waals surface area contributed by atoms with Crippen molar-refractivity contribution in [1.82, 2.24) is 15.6 Å². The maximum absolute atomic E-state index is 14.5. The number of halogens is 2. The average Bonchev–Trinajstić information content (AvgIpc) is 3.24. The third-order valence-corrected chi connectivity index (χ3v) is 7.01. The van der Waals surface area contributed by atoms with E-state index in [1.165, 1.54) is 12.1 Å². The molecule has 0 radical (unpaired) electrons. The molecule has 7 nitrogen and oxygen atoms in total. The van der Waals surface area contributed by atoms with Crippen LogP contribution in [0.4, 0.5) is 14.6 Å². The van der Waals surface area contributed by atoms with Crippen LogP contribution in [0.1, 0.15) is 61.6 Å². The lowest BCUT2D eigenvalue weighted by molar-refractivity contribution is 0.0944. The monoisotopic (exact) mass is 542 g/mol. The molecular weight excluding hydrogens is 514 g/mol. The number of hydrogen-bond donors (Lipinski definition) is 3. The predicted octanol–water partition coefficient (Wildman–Crippen LogP) is 5.39. The molecular formula is C31H28F2N4O3. The molecule has 204 valence electrons. The first-order valence-electron chi connectivity index (χ1n) is 12.8. The highest BCUT2D eigenvalue weighted by Crippen LogP contribution is 2.36. The van der Waals surface area contributed by atoms with E-state index < -0.39 is 17.7 Å². The highest BCUT2D eigenvalue weighted by Gasteiger charge is 2.31. The van der Waals surface area contributed by atoms with Gasteiger partial charge < -0.3 is 21.1 Å². The lowest BCUT2D eigenvalue weighted by atomic mass is 9.91. The minimum atomic E-state index is -0.677. The van der Waals surface area contributed by atoms with E-state index in [1.54, 1.807) is 43.3 Å². The quantitative estimate of drug-likeness (QED) is 0.291. The van der Waals surface area contributed by atoms with Gasteiger partial charge in [0.15, 0.2) is 0 Å². The molecule has 0 fully saturated rings. The van der Waals surface area contributed by atoms with E-state index in [0.717, 1.165) is 22.8 Å². The second-order valence-corrected chi connectivity index (χ2v) is 9.63. The fraction of sp³-hybridized carbons (Fsp3) is 0.194. The number of nitrogens with zero attached hydrogens (tertiary/aromatic N) is 1. The van der Waals surface area contributed by atoms with Gasteiger partial charge in [-0.2, -0.15) is 0 Å². The number of amides is 2. The molecule has 5 rings (SSSR count). The lowest BCUT2D eigenvalue weighted by Gasteiger charge is -2.18. The number of aryl methyl sites for hydroxylation is 2. The van der Waals surface area contributed by atoms with Gasteiger partial charge in [-0.05, 0) is 79.4 Å². The predicted molar refractivity (Wildman–Crippen MR) is 148 cm³/mol. The minimum absolute atomic E-state index is 0.176. The molecule has 0 spiro atoms. The van der Waals surface area contributed by atoms with Gasteiger partial charge in [-0.25, -0.2) is 13.8 Å². The maximum atomic E-state index is 14.5. The summed E-state index contributed by atoms with van der Waals surface area (Å²) < 4.78 is 33.7. The molecule has 1 atom stereocenters. The zero-order chi connectivity index (χ0) is 28.6. The number of hydrogen-bond acceptors (Lipinski definition) is 5. The number of carbonyl (C=O) groups excluding carboxylic acids is 2. The van der Waals surface area contributed by atoms with Crippen molar-refractivity contribution in [2.45, 2.75) is 33.4 Å². The van der Waals surface area contributed by atoms with Gasteiger partial charge in [-0.15, -0.1) is 0 Å². The van der Waals surface area contributed by atoms with E-state index in [0.29, 0.717) is 46.1 Å². The van der Waals surface area contributed by atoms with Crippen molar-refractivity contribution in [3.8, 4) is 16.9 Å². The number of aromatic nitrogens is 1. The van der Waals surface area contributed by atoms with E-state index in [2.05, 4.69) is 15.6 Å². The summed E-state index contributed by atoms with van der Waals surface area (Å²) in [6.45, 7) is 6.16. The lowest BCUT2D eigenvalue weighted by Crippen LogP contribution is -2.24. The first-order valence-corrected chi connectivity index (χ1v) is 12.8. The number of carbonyl (C=O) groups is 2. The summed E-state index contributed by atoms with van der Waals surface area (Å²) in [7, 11) is 0. The zero-order valence-electron chi connectivity index (χ0n) is 22.3. The Labute approximate surface area is 230 Å². The number of fused-ring (bicyclic) bond motifs is 1. The van der Waals surface area contributed by atoms with Crippen molar-refractivity contribution >= 4 is 17.6 Å². The Bertz CT molecular complexity index is 1650. The van der Waals surface area contributed by atoms with E-state index in [9.17, 15) is 18.4 Å². The summed E-state index contributed by atoms with van der Waals surface area (Å²) in [6.07, 6.45) is 0. The second kappa shape index (κ2) is 10.8. The molecule has 3 aromatic carbocycles. The topological polar surface area (TPSA) is 106 Å². The molecule has 1 aliphatic rings. The average molecular weight is 543 g/mol. The highest BCUT2D eigenvalue weighted by atomic mass is 19.1. The number of nitrogen functional groups attached to an aromatic ring is 1. The summed E-state index contributed by atoms with van der Waals surface area (Å²) in [4.78, 5) is 30.3. The van der Waals surface area contributed by atoms with Crippen LogP contribution in [-0.2, 0) is 6.54 Å². The number of nitrogens with one attached hydrogen (secondary N) is 2. The fourth-order valence-electron chi connectivity index (χ4n) is 4.99. The molecule has 9 heteroatoms. The van der Waals surface area contributed by atoms with E-state index in [-0.39, 0.29) is 23.9 Å². The fourth-order valence-corrected chi connectivity index (χ4v) is 4.99. The molecule has 0 saturated heterocycles. The molecule has 2 amide bonds. The summed E-state index contributed by atoms with van der Waals surface area (Å²) in [5.74, 6) is -1.05. The van der Waals surface area contributed by atoms with E-state index >= 15 is 0 Å². The van der Waals surface area contributed by atoms with Gasteiger partial charge in [0.25, 0.3) is 11.8 Å². The molecule has 4 N–H and O–H groups in total. The first kappa shape index (κ1) is 26.8. The Kier molecular flexibility index (Phi) is 7.21. The molecule has 40 heavy (non-hydrogen) atoms. The summed E-state index contributed by atoms with van der Waals surface area (Å²) in [6, 6.07) is 14.8. The van der Waals surface area contributed by atoms with Crippen LogP contribution >= 0.6 is 0 Å². The van der Waals surface area contributed by atoms with Crippen molar-refractivity contribution in [3.05, 3.63) is 111 Å². The summed E-state index contributed by atoms with van der Waals surface area (Å²) >= 11 is 0. The van der Waals surface area contributed by atoms with Crippen LogP contribution in [0, 0.1) is 25.5 Å². The Morgan fingerprint density at radius 2 is 1.80 bits per heavy atom. The summed E-state index contributed by atoms with van der Waals surface area (Å²) in [5, 5.41) is 5.88. The van der Waals surface area contributed by atoms with E-state index in [4.69, 9.17) is 10.5 Å². The Morgan fingerprint density at radius 3 is 2.55 bits per heavy atom. The number of anilines is 1. The van der Waals surface area contributed by atoms with Crippen LogP contribution in [-0.4, -0.2) is 23.4 Å². The van der Waals surface area contributed by atoms with E-state index in [1.807, 2.05) is 19.9 Å². The Hall–Kier alpha value is -4.79. The van der Waals surface area contributed by atoms with Gasteiger partial charge in [-0.1, -0.05) is 12.1 Å². The van der Waals surface area contributed by atoms with Gasteiger partial charge in [0.1, 0.15) is 23.2 Å². The smallest absolute Gasteiger partial charge is 0.252 e. The number of pyridine rings is 1. The first-order chi connectivity index (χ1) is 19.2. The molecule has 2 heterocycles. The third-order valence-electron chi connectivity index (χ3n) is 7.01. The van der Waals surface area contributed by atoms with Crippen molar-refractivity contribution in [2.75, 3.05) is 12.3 Å². The SMILES string of the molecule is CCOc1cc(N)nc(C)c1CNC(=O)c1ccc2c(c1)C(c1cc(-c3ccc(F)cc3F)ccc1C)NC2=O. The van der Waals surface area contributed by atoms with Gasteiger partial charge in [0.05, 0.1) is 12.6 Å². The van der Waals surface area contributed by atoms with Crippen molar-refractivity contribution in [2.24, 2.45) is 0 Å². The van der Waals surface area contributed by atoms with Crippen LogP contribution in [0.5, 0.6) is 5.75 Å². The van der Waals surface area contributed by atoms with Gasteiger partial charge in [0, 0.05) is 46.6 Å². The molecule has 0 bridgehead atoms. The van der Waals surface area contributed by atoms with Crippen molar-refractivity contribution in [1.29, 1.82) is 0 Å². The molecule has 4 aromatic rings. The molecule has 1 aliphatic heterocycles. The molecule has 0 saturated carbocycles. The standard InChI is InChI=1S/C31H28F2N4O3/c1-4-40-27-14-28(34)36-17(3)25(27)15-35-30(38)19-7-9-22-24(12-19)29(37-31(22)39)23-11-18(6-5-16(23)2)21-10-8-20(32)13-26(21)33/h5-14,29H,4,15H2,1-3H3,(H2,34,36)(H,35,38)(H,37,39). The summed E-state index contributed by atoms with van der Waals surface area (Å²) in [5.41, 5.74) is 11.1. The zero-order valence-corrected chi connectivity index (χ0v) is 22.3. The number of rotatable bonds is 7. The molecule has 1 unspecified atom stereocenters. The molecule has 0 aliphatic carbocycles. The van der Waals surface area contributed by atoms with Gasteiger partial charge in [-0.3, -0.25) is 9.59 Å². The van der Waals surface area contributed by atoms with Crippen LogP contribution in [0.3, 0.4) is 0 Å². The van der Waals surface area contributed by atoms with Crippen molar-refractivity contribution in [3.63, 3.8) is 0 Å². The Balaban J connectivity index is 1.44. The highest BCUT2D eigenvalue weighted by molar-refractivity contribution is 6.02. The Morgan fingerprint density at radius 1 is 1.02 bits per heavy atom. The third kappa shape index (κ3) is 5.10. The van der Waals surface area contributed by atoms with Crippen LogP contribution in [0.2, 0.25) is 0 Å². The number of benzene rings is 3. The normalized spacial score (nSPS) is 14.0. The van der Waals surface area contributed by atoms with Crippen molar-refractivity contribution < 1.29 is 23.1 Å². The maximum Gasteiger partial charge on any atom is 0.252 e. The number of ether oxygens (including phenoxy) is 1. The van der Waals surface area contributed by atoms with Gasteiger partial charge in [0.2, 0.25) is 0 Å². The second-order valence-electron chi connectivity index (χ2n) is 9.63. The minimum Gasteiger partial charge on any atom is -0.493 e. The van der Waals surface area contributed by atoms with Crippen LogP contribution in [0.25, 0.3) is 11.1 Å². The number of nitrogens with two attached hydrogens (primary N) is 1. The van der Waals surface area contributed by atoms with Crippen LogP contribution < -0.4 is 21.1 Å². The molecule has 1 aromatic heterocycles. The van der Waals surface area contributed by atoms with Gasteiger partial charge >= 0.3 is 0 Å². The largest absolute Gasteiger partial charge is 0.493 e.